The molecule has 2 heterocycles. The lowest BCUT2D eigenvalue weighted by Crippen LogP contribution is -2.21. The minimum Gasteiger partial charge on any atom is -0.420 e. The highest BCUT2D eigenvalue weighted by Gasteiger charge is 2.34. The van der Waals surface area contributed by atoms with Gasteiger partial charge in [0.05, 0.1) is 11.6 Å². The van der Waals surface area contributed by atoms with E-state index in [0.29, 0.717) is 33.0 Å². The van der Waals surface area contributed by atoms with E-state index >= 15 is 0 Å². The number of hydrogen-bond donors (Lipinski definition) is 2. The number of aromatic amines is 1. The maximum atomic E-state index is 9.40. The molecule has 106 valence electrons. The molecule has 0 bridgehead atoms. The van der Waals surface area contributed by atoms with Gasteiger partial charge in [-0.2, -0.15) is 10.2 Å². The van der Waals surface area contributed by atoms with Gasteiger partial charge in [-0.1, -0.05) is 29.3 Å². The quantitative estimate of drug-likeness (QED) is 0.844. The first-order valence-electron chi connectivity index (χ1n) is 6.10. The minimum absolute atomic E-state index is 0.0347. The second-order valence-electron chi connectivity index (χ2n) is 4.63. The summed E-state index contributed by atoms with van der Waals surface area (Å²) in [5.74, 6) is 0.610. The lowest BCUT2D eigenvalue weighted by Gasteiger charge is -2.23. The molecule has 7 heteroatoms. The van der Waals surface area contributed by atoms with Gasteiger partial charge in [-0.15, -0.1) is 0 Å². The number of benzene rings is 1. The van der Waals surface area contributed by atoms with Gasteiger partial charge in [0, 0.05) is 10.0 Å². The number of nitrogens with one attached hydrogen (secondary N) is 1. The van der Waals surface area contributed by atoms with Crippen LogP contribution in [0.5, 0.6) is 5.88 Å². The van der Waals surface area contributed by atoms with Crippen molar-refractivity contribution < 1.29 is 4.74 Å². The van der Waals surface area contributed by atoms with Crippen molar-refractivity contribution in [3.63, 3.8) is 0 Å². The standard InChI is InChI=1S/C14H10Cl2N4O/c1-6-19-12-11(8-3-2-7(15)4-10(8)16)9(5-17)13(18)21-14(12)20-6/h2-4,11H,18H2,1H3,(H,19,20)/t11-/m1/s1. The summed E-state index contributed by atoms with van der Waals surface area (Å²) < 4.78 is 5.39. The van der Waals surface area contributed by atoms with Crippen LogP contribution in [0.1, 0.15) is 23.0 Å². The number of rotatable bonds is 1. The number of halogens is 2. The van der Waals surface area contributed by atoms with Crippen LogP contribution < -0.4 is 10.5 Å². The molecule has 0 fully saturated rings. The Bertz CT molecular complexity index is 804. The zero-order valence-corrected chi connectivity index (χ0v) is 12.5. The van der Waals surface area contributed by atoms with E-state index in [1.54, 1.807) is 25.1 Å². The van der Waals surface area contributed by atoms with Crippen LogP contribution in [0.15, 0.2) is 29.7 Å². The summed E-state index contributed by atoms with van der Waals surface area (Å²) in [6.45, 7) is 1.80. The molecule has 3 N–H and O–H groups in total. The average Bonchev–Trinajstić information content (AvgIpc) is 2.77. The summed E-state index contributed by atoms with van der Waals surface area (Å²) >= 11 is 12.2. The van der Waals surface area contributed by atoms with Gasteiger partial charge in [0.25, 0.3) is 0 Å². The maximum Gasteiger partial charge on any atom is 0.243 e. The third-order valence-electron chi connectivity index (χ3n) is 3.26. The number of hydrogen-bond acceptors (Lipinski definition) is 4. The topological polar surface area (TPSA) is 87.7 Å². The molecule has 1 atom stereocenters. The number of fused-ring (bicyclic) bond motifs is 1. The predicted molar refractivity (Wildman–Crippen MR) is 79.1 cm³/mol. The molecular formula is C14H10Cl2N4O. The summed E-state index contributed by atoms with van der Waals surface area (Å²) in [6, 6.07) is 7.20. The lowest BCUT2D eigenvalue weighted by atomic mass is 9.88. The molecule has 3 rings (SSSR count). The number of nitrogens with two attached hydrogens (primary N) is 1. The van der Waals surface area contributed by atoms with Crippen LogP contribution in [0.4, 0.5) is 0 Å². The van der Waals surface area contributed by atoms with Crippen molar-refractivity contribution in [1.29, 1.82) is 5.26 Å². The molecule has 2 aromatic rings. The molecule has 21 heavy (non-hydrogen) atoms. The van der Waals surface area contributed by atoms with Gasteiger partial charge in [-0.3, -0.25) is 0 Å². The molecule has 1 aliphatic heterocycles. The van der Waals surface area contributed by atoms with Crippen molar-refractivity contribution in [2.45, 2.75) is 12.8 Å². The van der Waals surface area contributed by atoms with E-state index in [0.717, 1.165) is 0 Å². The first-order chi connectivity index (χ1) is 10.0. The highest BCUT2D eigenvalue weighted by atomic mass is 35.5. The highest BCUT2D eigenvalue weighted by molar-refractivity contribution is 6.35. The van der Waals surface area contributed by atoms with Crippen LogP contribution in [0, 0.1) is 18.3 Å². The van der Waals surface area contributed by atoms with E-state index in [4.69, 9.17) is 33.7 Å². The van der Waals surface area contributed by atoms with Crippen LogP contribution in [0.2, 0.25) is 10.0 Å². The summed E-state index contributed by atoms with van der Waals surface area (Å²) in [6.07, 6.45) is 0. The van der Waals surface area contributed by atoms with Crippen LogP contribution in [-0.2, 0) is 0 Å². The van der Waals surface area contributed by atoms with Gasteiger partial charge >= 0.3 is 0 Å². The summed E-state index contributed by atoms with van der Waals surface area (Å²) in [5.41, 5.74) is 7.49. The van der Waals surface area contributed by atoms with E-state index in [1.807, 2.05) is 0 Å². The van der Waals surface area contributed by atoms with Gasteiger partial charge in [-0.25, -0.2) is 0 Å². The molecule has 1 aromatic carbocycles. The van der Waals surface area contributed by atoms with Crippen molar-refractivity contribution in [2.75, 3.05) is 0 Å². The van der Waals surface area contributed by atoms with E-state index < -0.39 is 5.92 Å². The van der Waals surface area contributed by atoms with E-state index in [9.17, 15) is 5.26 Å². The minimum atomic E-state index is -0.454. The highest BCUT2D eigenvalue weighted by Crippen LogP contribution is 2.43. The zero-order chi connectivity index (χ0) is 15.1. The molecule has 0 radical (unpaired) electrons. The van der Waals surface area contributed by atoms with Crippen molar-refractivity contribution in [2.24, 2.45) is 5.73 Å². The molecule has 0 saturated carbocycles. The third-order valence-corrected chi connectivity index (χ3v) is 3.82. The van der Waals surface area contributed by atoms with Gasteiger partial charge in [0.15, 0.2) is 0 Å². The Kier molecular flexibility index (Phi) is 3.28. The molecular weight excluding hydrogens is 311 g/mol. The van der Waals surface area contributed by atoms with E-state index in [1.165, 1.54) is 0 Å². The number of ether oxygens (including phenoxy) is 1. The zero-order valence-electron chi connectivity index (χ0n) is 10.9. The van der Waals surface area contributed by atoms with Crippen LogP contribution in [-0.4, -0.2) is 9.97 Å². The second-order valence-corrected chi connectivity index (χ2v) is 5.48. The van der Waals surface area contributed by atoms with Crippen LogP contribution in [0.3, 0.4) is 0 Å². The SMILES string of the molecule is Cc1nc2c([nH]1)[C@H](c1ccc(Cl)cc1Cl)C(C#N)=C(N)O2. The Labute approximate surface area is 130 Å². The largest absolute Gasteiger partial charge is 0.420 e. The van der Waals surface area contributed by atoms with Crippen molar-refractivity contribution in [1.82, 2.24) is 9.97 Å². The van der Waals surface area contributed by atoms with Crippen molar-refractivity contribution in [3.8, 4) is 11.9 Å². The van der Waals surface area contributed by atoms with E-state index in [2.05, 4.69) is 16.0 Å². The lowest BCUT2D eigenvalue weighted by molar-refractivity contribution is 0.379. The van der Waals surface area contributed by atoms with Crippen molar-refractivity contribution >= 4 is 23.2 Å². The van der Waals surface area contributed by atoms with Crippen molar-refractivity contribution in [3.05, 3.63) is 56.8 Å². The third kappa shape index (κ3) is 2.23. The number of nitrogens with zero attached hydrogens (tertiary/aromatic N) is 2. The number of allylic oxidation sites excluding steroid dienone is 1. The van der Waals surface area contributed by atoms with Gasteiger partial charge < -0.3 is 15.5 Å². The number of aromatic nitrogens is 2. The van der Waals surface area contributed by atoms with E-state index in [-0.39, 0.29) is 11.5 Å². The summed E-state index contributed by atoms with van der Waals surface area (Å²) in [5, 5.41) is 10.4. The summed E-state index contributed by atoms with van der Waals surface area (Å²) in [7, 11) is 0. The molecule has 0 unspecified atom stereocenters. The smallest absolute Gasteiger partial charge is 0.243 e. The normalized spacial score (nSPS) is 17.1. The number of imidazole rings is 1. The molecule has 0 saturated heterocycles. The number of aryl methyl sites for hydroxylation is 1. The Hall–Kier alpha value is -2.16. The predicted octanol–water partition coefficient (Wildman–Crippen LogP) is 3.24. The molecule has 0 aliphatic carbocycles. The fourth-order valence-corrected chi connectivity index (χ4v) is 2.89. The molecule has 1 aliphatic rings. The monoisotopic (exact) mass is 320 g/mol. The van der Waals surface area contributed by atoms with Gasteiger partial charge in [0.2, 0.25) is 11.8 Å². The number of H-pyrrole nitrogens is 1. The Balaban J connectivity index is 2.25. The first kappa shape index (κ1) is 13.8. The Morgan fingerprint density at radius 3 is 2.86 bits per heavy atom. The molecule has 0 amide bonds. The van der Waals surface area contributed by atoms with Crippen LogP contribution in [0.25, 0.3) is 0 Å². The van der Waals surface area contributed by atoms with Gasteiger partial charge in [-0.05, 0) is 24.6 Å². The maximum absolute atomic E-state index is 9.40. The Morgan fingerprint density at radius 1 is 1.43 bits per heavy atom. The first-order valence-corrected chi connectivity index (χ1v) is 6.86. The fourth-order valence-electron chi connectivity index (χ4n) is 2.37. The average molecular weight is 321 g/mol. The van der Waals surface area contributed by atoms with Crippen LogP contribution >= 0.6 is 23.2 Å². The molecule has 0 spiro atoms. The summed E-state index contributed by atoms with van der Waals surface area (Å²) in [4.78, 5) is 7.33. The molecule has 1 aromatic heterocycles. The van der Waals surface area contributed by atoms with Gasteiger partial charge in [0.1, 0.15) is 17.5 Å². The Morgan fingerprint density at radius 2 is 2.19 bits per heavy atom. The number of nitriles is 1. The second kappa shape index (κ2) is 4.99. The molecule has 5 nitrogen and oxygen atoms in total. The fraction of sp³-hybridized carbons (Fsp3) is 0.143.